The van der Waals surface area contributed by atoms with Crippen molar-refractivity contribution in [2.45, 2.75) is 72.4 Å². The van der Waals surface area contributed by atoms with Gasteiger partial charge in [0.25, 0.3) is 7.37 Å². The molecule has 0 aliphatic rings. The van der Waals surface area contributed by atoms with Gasteiger partial charge in [0.2, 0.25) is 0 Å². The molecule has 0 bridgehead atoms. The van der Waals surface area contributed by atoms with Crippen LogP contribution in [0.5, 0.6) is 11.5 Å². The molecule has 3 aromatic carbocycles. The lowest BCUT2D eigenvalue weighted by Gasteiger charge is -2.22. The predicted octanol–water partition coefficient (Wildman–Crippen LogP) is 7.78. The van der Waals surface area contributed by atoms with Gasteiger partial charge in [0.1, 0.15) is 41.5 Å². The quantitative estimate of drug-likeness (QED) is 0.0461. The number of unbranched alkanes of at least 4 members (excludes halogenated alkanes) is 1. The maximum atomic E-state index is 13.8. The summed E-state index contributed by atoms with van der Waals surface area (Å²) in [6, 6.07) is 24.1. The Labute approximate surface area is 366 Å². The zero-order valence-corrected chi connectivity index (χ0v) is 37.6. The standard InChI is InChI=1S/C28H36N5O4P.C15H18N5O4P/c1-21-11-12-24(22(2)15-21)17-35-13-7-8-14-38(34,37-25-9-5-4-6-10-25)20-36-23(3)16-33-19-32-26-27(29)30-18-31-28(26)33;1-11(7-20-9-19-13-14(16)17-8-18-15(13)20)23-10-25(21,22)24-12-5-3-2-4-6-12/h4-6,9-12,15,18-19,23H,7-8,13-14,16-17,20H2,1-3H3,(H2,29,30,31);2-6,8-9,11H,7,10H2,1H3,(H,21,22)(H2,16,17,18)/t23-,38?;11-/m11/s1. The molecule has 4 atom stereocenters. The van der Waals surface area contributed by atoms with Crippen LogP contribution in [0.25, 0.3) is 22.3 Å². The van der Waals surface area contributed by atoms with Crippen molar-refractivity contribution in [3.05, 3.63) is 121 Å². The summed E-state index contributed by atoms with van der Waals surface area (Å²) in [5.74, 6) is 1.53. The molecule has 7 rings (SSSR count). The van der Waals surface area contributed by atoms with Crippen molar-refractivity contribution >= 4 is 48.9 Å². The Morgan fingerprint density at radius 2 is 1.22 bits per heavy atom. The smallest absolute Gasteiger partial charge is 0.402 e. The lowest BCUT2D eigenvalue weighted by atomic mass is 10.1. The molecule has 4 heterocycles. The molecule has 0 saturated carbocycles. The number of nitrogens with zero attached hydrogens (tertiary/aromatic N) is 8. The van der Waals surface area contributed by atoms with Gasteiger partial charge in [-0.2, -0.15) is 0 Å². The lowest BCUT2D eigenvalue weighted by molar-refractivity contribution is 0.0772. The van der Waals surface area contributed by atoms with Crippen molar-refractivity contribution in [3.8, 4) is 11.5 Å². The minimum absolute atomic E-state index is 0.0102. The van der Waals surface area contributed by atoms with E-state index in [2.05, 4.69) is 62.0 Å². The van der Waals surface area contributed by atoms with Gasteiger partial charge in [-0.25, -0.2) is 34.5 Å². The number of hydrogen-bond acceptors (Lipinski definition) is 15. The van der Waals surface area contributed by atoms with Crippen LogP contribution in [0.1, 0.15) is 43.4 Å². The minimum Gasteiger partial charge on any atom is -0.441 e. The van der Waals surface area contributed by atoms with E-state index in [4.69, 9.17) is 34.7 Å². The Bertz CT molecular complexity index is 2630. The second-order valence-electron chi connectivity index (χ2n) is 15.0. The van der Waals surface area contributed by atoms with Crippen molar-refractivity contribution in [3.63, 3.8) is 0 Å². The maximum absolute atomic E-state index is 13.8. The van der Waals surface area contributed by atoms with Gasteiger partial charge in [0, 0.05) is 12.8 Å². The lowest BCUT2D eigenvalue weighted by Crippen LogP contribution is -2.19. The third-order valence-electron chi connectivity index (χ3n) is 9.64. The number of imidazole rings is 2. The molecular formula is C43H54N10O8P2. The zero-order chi connectivity index (χ0) is 44.8. The summed E-state index contributed by atoms with van der Waals surface area (Å²) < 4.78 is 58.1. The highest BCUT2D eigenvalue weighted by molar-refractivity contribution is 7.59. The molecule has 0 aliphatic heterocycles. The van der Waals surface area contributed by atoms with Crippen LogP contribution in [0.4, 0.5) is 11.6 Å². The number of para-hydroxylation sites is 2. The highest BCUT2D eigenvalue weighted by atomic mass is 31.2. The molecular weight excluding hydrogens is 846 g/mol. The fourth-order valence-electron chi connectivity index (χ4n) is 6.42. The topological polar surface area (TPSA) is 240 Å². The van der Waals surface area contributed by atoms with Gasteiger partial charge < -0.3 is 48.8 Å². The average Bonchev–Trinajstić information content (AvgIpc) is 3.87. The number of benzene rings is 3. The number of nitrogen functional groups attached to an aromatic ring is 2. The van der Waals surface area contributed by atoms with Gasteiger partial charge >= 0.3 is 7.60 Å². The van der Waals surface area contributed by atoms with Gasteiger partial charge in [0.05, 0.1) is 44.6 Å². The molecule has 20 heteroatoms. The van der Waals surface area contributed by atoms with Crippen LogP contribution in [-0.4, -0.2) is 81.6 Å². The van der Waals surface area contributed by atoms with Crippen LogP contribution in [0.15, 0.2) is 104 Å². The molecule has 2 unspecified atom stereocenters. The van der Waals surface area contributed by atoms with E-state index in [1.165, 1.54) is 29.3 Å². The Kier molecular flexibility index (Phi) is 16.4. The van der Waals surface area contributed by atoms with Crippen molar-refractivity contribution in [2.24, 2.45) is 0 Å². The average molecular weight is 901 g/mol. The molecule has 7 aromatic rings. The zero-order valence-electron chi connectivity index (χ0n) is 35.8. The number of fused-ring (bicyclic) bond motifs is 2. The molecule has 334 valence electrons. The molecule has 0 saturated heterocycles. The SMILES string of the molecule is C[C@H](Cn1cnc2c(N)ncnc21)OCP(=O)(O)Oc1ccccc1.Cc1ccc(COCCCCP(=O)(CO[C@H](C)Cn2cnc3c(N)ncnc32)Oc2ccccc2)c(C)c1. The van der Waals surface area contributed by atoms with E-state index in [-0.39, 0.29) is 18.6 Å². The molecule has 63 heavy (non-hydrogen) atoms. The van der Waals surface area contributed by atoms with E-state index in [0.29, 0.717) is 84.3 Å². The van der Waals surface area contributed by atoms with Crippen molar-refractivity contribution in [1.29, 1.82) is 0 Å². The number of anilines is 2. The molecule has 0 spiro atoms. The van der Waals surface area contributed by atoms with Crippen LogP contribution in [0.2, 0.25) is 0 Å². The summed E-state index contributed by atoms with van der Waals surface area (Å²) in [4.78, 5) is 34.6. The number of aromatic nitrogens is 8. The monoisotopic (exact) mass is 900 g/mol. The van der Waals surface area contributed by atoms with Crippen LogP contribution in [-0.2, 0) is 43.0 Å². The first-order valence-electron chi connectivity index (χ1n) is 20.4. The molecule has 0 fully saturated rings. The first-order valence-corrected chi connectivity index (χ1v) is 24.1. The van der Waals surface area contributed by atoms with Gasteiger partial charge in [-0.15, -0.1) is 0 Å². The Morgan fingerprint density at radius 3 is 1.78 bits per heavy atom. The number of aryl methyl sites for hydroxylation is 2. The Hall–Kier alpha value is -5.74. The molecule has 0 radical (unpaired) electrons. The molecule has 0 amide bonds. The first-order chi connectivity index (χ1) is 30.3. The largest absolute Gasteiger partial charge is 0.441 e. The van der Waals surface area contributed by atoms with Crippen LogP contribution in [0.3, 0.4) is 0 Å². The second kappa shape index (κ2) is 22.1. The van der Waals surface area contributed by atoms with Gasteiger partial charge in [-0.1, -0.05) is 60.2 Å². The normalized spacial score (nSPS) is 14.3. The van der Waals surface area contributed by atoms with Crippen LogP contribution >= 0.6 is 15.0 Å². The van der Waals surface area contributed by atoms with E-state index in [1.54, 1.807) is 54.5 Å². The predicted molar refractivity (Wildman–Crippen MR) is 242 cm³/mol. The fourth-order valence-corrected chi connectivity index (χ4v) is 9.33. The molecule has 4 aromatic heterocycles. The molecule has 5 N–H and O–H groups in total. The number of ether oxygens (including phenoxy) is 3. The van der Waals surface area contributed by atoms with Gasteiger partial charge in [0.15, 0.2) is 29.3 Å². The third kappa shape index (κ3) is 13.9. The summed E-state index contributed by atoms with van der Waals surface area (Å²) in [7, 11) is -7.02. The van der Waals surface area contributed by atoms with E-state index in [1.807, 2.05) is 41.8 Å². The number of nitrogens with two attached hydrogens (primary N) is 2. The van der Waals surface area contributed by atoms with Crippen molar-refractivity contribution < 1.29 is 37.3 Å². The molecule has 0 aliphatic carbocycles. The summed E-state index contributed by atoms with van der Waals surface area (Å²) in [5.41, 5.74) is 17.6. The number of rotatable bonds is 21. The van der Waals surface area contributed by atoms with E-state index < -0.39 is 21.3 Å². The minimum atomic E-state index is -3.91. The van der Waals surface area contributed by atoms with Crippen LogP contribution < -0.4 is 20.5 Å². The van der Waals surface area contributed by atoms with Gasteiger partial charge in [-0.3, -0.25) is 4.57 Å². The van der Waals surface area contributed by atoms with E-state index in [0.717, 1.165) is 6.42 Å². The Balaban J connectivity index is 0.000000228. The maximum Gasteiger partial charge on any atom is 0.402 e. The second-order valence-corrected chi connectivity index (χ2v) is 19.3. The number of hydrogen-bond donors (Lipinski definition) is 3. The fraction of sp³-hybridized carbons (Fsp3) is 0.349. The highest BCUT2D eigenvalue weighted by Gasteiger charge is 2.27. The molecule has 18 nitrogen and oxygen atoms in total. The van der Waals surface area contributed by atoms with Crippen LogP contribution in [0, 0.1) is 13.8 Å². The third-order valence-corrected chi connectivity index (χ3v) is 12.7. The summed E-state index contributed by atoms with van der Waals surface area (Å²) >= 11 is 0. The summed E-state index contributed by atoms with van der Waals surface area (Å²) in [5, 5.41) is 0. The highest BCUT2D eigenvalue weighted by Crippen LogP contribution is 2.48. The van der Waals surface area contributed by atoms with Gasteiger partial charge in [-0.05, 0) is 75.9 Å². The first kappa shape index (κ1) is 46.8. The van der Waals surface area contributed by atoms with E-state index in [9.17, 15) is 14.0 Å². The van der Waals surface area contributed by atoms with Crippen molar-refractivity contribution in [2.75, 3.05) is 36.9 Å². The van der Waals surface area contributed by atoms with Crippen molar-refractivity contribution in [1.82, 2.24) is 39.0 Å². The summed E-state index contributed by atoms with van der Waals surface area (Å²) in [6.45, 7) is 9.91. The summed E-state index contributed by atoms with van der Waals surface area (Å²) in [6.07, 6.45) is 6.86. The Morgan fingerprint density at radius 1 is 0.683 bits per heavy atom. The van der Waals surface area contributed by atoms with E-state index >= 15 is 0 Å².